The summed E-state index contributed by atoms with van der Waals surface area (Å²) in [6.45, 7) is 3.54. The first-order valence-electron chi connectivity index (χ1n) is 10.4. The van der Waals surface area contributed by atoms with Gasteiger partial charge in [-0.05, 0) is 37.8 Å². The Morgan fingerprint density at radius 3 is 2.60 bits per heavy atom. The Morgan fingerprint density at radius 1 is 1.23 bits per heavy atom. The van der Waals surface area contributed by atoms with Gasteiger partial charge in [0.1, 0.15) is 11.5 Å². The summed E-state index contributed by atoms with van der Waals surface area (Å²) >= 11 is 0. The van der Waals surface area contributed by atoms with Crippen molar-refractivity contribution in [2.24, 2.45) is 0 Å². The highest BCUT2D eigenvalue weighted by molar-refractivity contribution is 7.88. The molecule has 3 heterocycles. The van der Waals surface area contributed by atoms with Gasteiger partial charge in [0.05, 0.1) is 12.5 Å². The lowest BCUT2D eigenvalue weighted by molar-refractivity contribution is 0.00316. The molecular formula is C20H31FN4O4S. The third-order valence-electron chi connectivity index (χ3n) is 5.94. The van der Waals surface area contributed by atoms with E-state index < -0.39 is 15.8 Å². The van der Waals surface area contributed by atoms with Crippen LogP contribution in [-0.4, -0.2) is 98.2 Å². The number of sulfonamides is 1. The van der Waals surface area contributed by atoms with E-state index in [1.807, 2.05) is 0 Å². The first-order valence-corrected chi connectivity index (χ1v) is 12.3. The topological polar surface area (TPSA) is 83.0 Å². The maximum atomic E-state index is 13.1. The molecule has 0 aromatic carbocycles. The zero-order chi connectivity index (χ0) is 21.7. The van der Waals surface area contributed by atoms with Crippen molar-refractivity contribution < 1.29 is 22.3 Å². The van der Waals surface area contributed by atoms with Crippen molar-refractivity contribution in [2.45, 2.75) is 37.8 Å². The van der Waals surface area contributed by atoms with Crippen molar-refractivity contribution in [1.29, 1.82) is 0 Å². The second kappa shape index (κ2) is 10.1. The van der Waals surface area contributed by atoms with E-state index in [1.54, 1.807) is 16.3 Å². The zero-order valence-corrected chi connectivity index (χ0v) is 18.5. The number of nitrogens with zero attached hydrogens (tertiary/aromatic N) is 4. The van der Waals surface area contributed by atoms with Crippen LogP contribution in [0.2, 0.25) is 0 Å². The fourth-order valence-electron chi connectivity index (χ4n) is 4.24. The van der Waals surface area contributed by atoms with Crippen LogP contribution < -0.4 is 0 Å². The predicted octanol–water partition coefficient (Wildman–Crippen LogP) is 1.20. The molecular weight excluding hydrogens is 411 g/mol. The molecule has 30 heavy (non-hydrogen) atoms. The Kier molecular flexibility index (Phi) is 7.78. The molecule has 1 atom stereocenters. The van der Waals surface area contributed by atoms with E-state index in [9.17, 15) is 17.6 Å². The van der Waals surface area contributed by atoms with E-state index in [2.05, 4.69) is 9.88 Å². The molecule has 1 unspecified atom stereocenters. The van der Waals surface area contributed by atoms with Gasteiger partial charge in [-0.2, -0.15) is 0 Å². The first-order chi connectivity index (χ1) is 14.3. The van der Waals surface area contributed by atoms with Gasteiger partial charge in [-0.1, -0.05) is 0 Å². The van der Waals surface area contributed by atoms with Gasteiger partial charge in [-0.3, -0.25) is 9.69 Å². The summed E-state index contributed by atoms with van der Waals surface area (Å²) in [4.78, 5) is 20.4. The van der Waals surface area contributed by atoms with Gasteiger partial charge in [-0.15, -0.1) is 0 Å². The molecule has 0 radical (unpaired) electrons. The average molecular weight is 443 g/mol. The minimum absolute atomic E-state index is 0.115. The summed E-state index contributed by atoms with van der Waals surface area (Å²) in [5.41, 5.74) is 0.206. The molecule has 10 heteroatoms. The average Bonchev–Trinajstić information content (AvgIpc) is 2.74. The van der Waals surface area contributed by atoms with Crippen LogP contribution in [0.25, 0.3) is 0 Å². The van der Waals surface area contributed by atoms with E-state index >= 15 is 0 Å². The molecule has 2 aliphatic rings. The Morgan fingerprint density at radius 2 is 1.97 bits per heavy atom. The fourth-order valence-corrected chi connectivity index (χ4v) is 5.14. The summed E-state index contributed by atoms with van der Waals surface area (Å²) in [5.74, 6) is -0.740. The van der Waals surface area contributed by atoms with E-state index in [0.717, 1.165) is 31.9 Å². The molecule has 3 rings (SSSR count). The van der Waals surface area contributed by atoms with Crippen LogP contribution in [0.1, 0.15) is 36.2 Å². The molecule has 1 aromatic heterocycles. The summed E-state index contributed by atoms with van der Waals surface area (Å²) in [5, 5.41) is 0. The molecule has 1 amide bonds. The number of halogens is 1. The molecule has 2 aliphatic heterocycles. The zero-order valence-electron chi connectivity index (χ0n) is 17.7. The number of carbonyl (C=O) groups is 1. The summed E-state index contributed by atoms with van der Waals surface area (Å²) in [7, 11) is -1.52. The summed E-state index contributed by atoms with van der Waals surface area (Å²) in [6.07, 6.45) is 5.85. The number of aromatic nitrogens is 1. The lowest BCUT2D eigenvalue weighted by atomic mass is 9.99. The second-order valence-corrected chi connectivity index (χ2v) is 10.1. The molecule has 8 nitrogen and oxygen atoms in total. The number of rotatable bonds is 7. The predicted molar refractivity (Wildman–Crippen MR) is 111 cm³/mol. The molecule has 0 N–H and O–H groups in total. The monoisotopic (exact) mass is 442 g/mol. The molecule has 1 aromatic rings. The van der Waals surface area contributed by atoms with Crippen LogP contribution in [0.3, 0.4) is 0 Å². The van der Waals surface area contributed by atoms with Gasteiger partial charge in [0.2, 0.25) is 10.0 Å². The number of hydrogen-bond donors (Lipinski definition) is 0. The number of amides is 1. The van der Waals surface area contributed by atoms with Crippen molar-refractivity contribution in [3.05, 3.63) is 29.8 Å². The van der Waals surface area contributed by atoms with Crippen LogP contribution in [0.15, 0.2) is 18.3 Å². The largest absolute Gasteiger partial charge is 0.381 e. The number of hydrogen-bond acceptors (Lipinski definition) is 6. The summed E-state index contributed by atoms with van der Waals surface area (Å²) < 4.78 is 44.3. The smallest absolute Gasteiger partial charge is 0.272 e. The van der Waals surface area contributed by atoms with Crippen LogP contribution in [0.4, 0.5) is 4.39 Å². The van der Waals surface area contributed by atoms with Gasteiger partial charge in [0, 0.05) is 58.5 Å². The highest BCUT2D eigenvalue weighted by Gasteiger charge is 2.34. The standard InChI is InChI=1S/C20H31FN4O4S/c1-23(20(26)19-6-5-16(21)14-22-19)10-11-25(17-7-12-29-13-8-17)18-4-3-9-24(15-18)30(2,27)28/h5-6,14,17-18H,3-4,7-13,15H2,1-2H3. The number of pyridine rings is 1. The van der Waals surface area contributed by atoms with Crippen molar-refractivity contribution >= 4 is 15.9 Å². The molecule has 0 bridgehead atoms. The Hall–Kier alpha value is -1.62. The van der Waals surface area contributed by atoms with Crippen molar-refractivity contribution in [2.75, 3.05) is 52.7 Å². The van der Waals surface area contributed by atoms with E-state index in [1.165, 1.54) is 18.4 Å². The normalized spacial score (nSPS) is 21.7. The number of likely N-dealkylation sites (N-methyl/N-ethyl adjacent to an activating group) is 1. The van der Waals surface area contributed by atoms with Gasteiger partial charge in [-0.25, -0.2) is 22.1 Å². The van der Waals surface area contributed by atoms with E-state index in [4.69, 9.17) is 4.74 Å². The van der Waals surface area contributed by atoms with Crippen LogP contribution in [-0.2, 0) is 14.8 Å². The molecule has 0 aliphatic carbocycles. The SMILES string of the molecule is CN(CCN(C1CCOCC1)C1CCCN(S(C)(=O)=O)C1)C(=O)c1ccc(F)cn1. The van der Waals surface area contributed by atoms with Crippen LogP contribution >= 0.6 is 0 Å². The maximum Gasteiger partial charge on any atom is 0.272 e. The number of ether oxygens (including phenoxy) is 1. The van der Waals surface area contributed by atoms with Crippen LogP contribution in [0, 0.1) is 5.82 Å². The van der Waals surface area contributed by atoms with Gasteiger partial charge < -0.3 is 9.64 Å². The minimum Gasteiger partial charge on any atom is -0.381 e. The van der Waals surface area contributed by atoms with Crippen LogP contribution in [0.5, 0.6) is 0 Å². The molecule has 0 spiro atoms. The Balaban J connectivity index is 1.68. The lowest BCUT2D eigenvalue weighted by Crippen LogP contribution is -2.55. The molecule has 2 saturated heterocycles. The van der Waals surface area contributed by atoms with Crippen molar-refractivity contribution in [3.8, 4) is 0 Å². The van der Waals surface area contributed by atoms with Crippen molar-refractivity contribution in [3.63, 3.8) is 0 Å². The van der Waals surface area contributed by atoms with Gasteiger partial charge in [0.25, 0.3) is 5.91 Å². The Labute approximate surface area is 178 Å². The highest BCUT2D eigenvalue weighted by Crippen LogP contribution is 2.24. The maximum absolute atomic E-state index is 13.1. The quantitative estimate of drug-likeness (QED) is 0.631. The van der Waals surface area contributed by atoms with Gasteiger partial charge >= 0.3 is 0 Å². The first kappa shape index (κ1) is 23.1. The number of carbonyl (C=O) groups excluding carboxylic acids is 1. The third-order valence-corrected chi connectivity index (χ3v) is 7.21. The Bertz CT molecular complexity index is 815. The molecule has 0 saturated carbocycles. The highest BCUT2D eigenvalue weighted by atomic mass is 32.2. The van der Waals surface area contributed by atoms with Crippen molar-refractivity contribution in [1.82, 2.24) is 19.1 Å². The third kappa shape index (κ3) is 5.96. The lowest BCUT2D eigenvalue weighted by Gasteiger charge is -2.44. The van der Waals surface area contributed by atoms with Gasteiger partial charge in [0.15, 0.2) is 0 Å². The number of piperidine rings is 1. The molecule has 168 valence electrons. The fraction of sp³-hybridized carbons (Fsp3) is 0.700. The summed E-state index contributed by atoms with van der Waals surface area (Å²) in [6, 6.07) is 3.03. The second-order valence-electron chi connectivity index (χ2n) is 8.09. The molecule has 2 fully saturated rings. The minimum atomic E-state index is -3.23. The van der Waals surface area contributed by atoms with E-state index in [0.29, 0.717) is 45.4 Å². The van der Waals surface area contributed by atoms with E-state index in [-0.39, 0.29) is 17.6 Å².